The number of amides is 1. The van der Waals surface area contributed by atoms with Crippen molar-refractivity contribution in [3.8, 4) is 33.9 Å². The second kappa shape index (κ2) is 10.4. The van der Waals surface area contributed by atoms with Gasteiger partial charge in [-0.05, 0) is 78.8 Å². The number of aryl methyl sites for hydroxylation is 1. The number of tetrazole rings is 1. The topological polar surface area (TPSA) is 123 Å². The van der Waals surface area contributed by atoms with Crippen LogP contribution in [0.1, 0.15) is 35.2 Å². The summed E-state index contributed by atoms with van der Waals surface area (Å²) in [7, 11) is 0. The van der Waals surface area contributed by atoms with E-state index >= 15 is 0 Å². The number of rotatable bonds is 6. The first-order valence-electron chi connectivity index (χ1n) is 15.1. The fourth-order valence-corrected chi connectivity index (χ4v) is 6.47. The fourth-order valence-electron chi connectivity index (χ4n) is 6.47. The number of carbonyl (C=O) groups excluding carboxylic acids is 1. The molecule has 222 valence electrons. The van der Waals surface area contributed by atoms with E-state index in [2.05, 4.69) is 68.5 Å². The largest absolute Gasteiger partial charge is 0.339 e. The average molecular weight is 590 g/mol. The van der Waals surface area contributed by atoms with Gasteiger partial charge in [-0.25, -0.2) is 8.91 Å². The van der Waals surface area contributed by atoms with E-state index in [1.54, 1.807) is 16.8 Å². The van der Waals surface area contributed by atoms with Gasteiger partial charge < -0.3 is 15.2 Å². The van der Waals surface area contributed by atoms with Crippen LogP contribution < -0.4 is 5.73 Å². The third-order valence-electron chi connectivity index (χ3n) is 8.93. The normalized spacial score (nSPS) is 18.8. The van der Waals surface area contributed by atoms with Crippen LogP contribution in [0.4, 0.5) is 4.39 Å². The molecular formula is C33H32FN9O. The summed E-state index contributed by atoms with van der Waals surface area (Å²) in [5.74, 6) is 0.982. The van der Waals surface area contributed by atoms with Crippen LogP contribution in [0, 0.1) is 12.8 Å². The molecule has 1 amide bonds. The molecule has 5 heterocycles. The number of H-pyrrole nitrogens is 1. The predicted octanol–water partition coefficient (Wildman–Crippen LogP) is 5.03. The lowest BCUT2D eigenvalue weighted by molar-refractivity contribution is 0.0606. The van der Waals surface area contributed by atoms with Gasteiger partial charge in [0.2, 0.25) is 5.82 Å². The number of alkyl halides is 1. The number of nitrogens with one attached hydrogen (secondary N) is 1. The van der Waals surface area contributed by atoms with Crippen molar-refractivity contribution in [1.82, 2.24) is 39.7 Å². The van der Waals surface area contributed by atoms with Gasteiger partial charge in [-0.3, -0.25) is 4.79 Å². The van der Waals surface area contributed by atoms with E-state index in [1.807, 2.05) is 18.2 Å². The average Bonchev–Trinajstić information content (AvgIpc) is 3.40. The molecule has 8 rings (SSSR count). The Morgan fingerprint density at radius 1 is 1.02 bits per heavy atom. The molecule has 2 aromatic carbocycles. The summed E-state index contributed by atoms with van der Waals surface area (Å²) in [6.45, 7) is 3.41. The van der Waals surface area contributed by atoms with Gasteiger partial charge in [0.05, 0.1) is 23.3 Å². The number of nitrogens with two attached hydrogens (primary N) is 1. The lowest BCUT2D eigenvalue weighted by Crippen LogP contribution is -2.50. The number of aromatic amines is 1. The summed E-state index contributed by atoms with van der Waals surface area (Å²) in [4.78, 5) is 14.8. The smallest absolute Gasteiger partial charge is 0.255 e. The van der Waals surface area contributed by atoms with E-state index in [0.29, 0.717) is 23.9 Å². The molecule has 1 aliphatic carbocycles. The van der Waals surface area contributed by atoms with Crippen LogP contribution >= 0.6 is 0 Å². The minimum Gasteiger partial charge on any atom is -0.339 e. The molecule has 6 aromatic rings. The predicted molar refractivity (Wildman–Crippen MR) is 166 cm³/mol. The van der Waals surface area contributed by atoms with Gasteiger partial charge in [-0.15, -0.1) is 10.2 Å². The molecule has 44 heavy (non-hydrogen) atoms. The number of benzene rings is 2. The second-order valence-electron chi connectivity index (χ2n) is 12.2. The Balaban J connectivity index is 1.19. The molecule has 2 atom stereocenters. The van der Waals surface area contributed by atoms with E-state index in [0.717, 1.165) is 56.6 Å². The molecule has 0 unspecified atom stereocenters. The lowest BCUT2D eigenvalue weighted by atomic mass is 10.0. The highest BCUT2D eigenvalue weighted by molar-refractivity contribution is 5.95. The van der Waals surface area contributed by atoms with Gasteiger partial charge in [0, 0.05) is 47.4 Å². The number of pyridine rings is 1. The summed E-state index contributed by atoms with van der Waals surface area (Å²) in [6.07, 6.45) is 3.38. The Bertz CT molecular complexity index is 2010. The van der Waals surface area contributed by atoms with Crippen molar-refractivity contribution in [2.24, 2.45) is 11.7 Å². The molecule has 1 saturated carbocycles. The number of nitrogens with zero attached hydrogens (tertiary/aromatic N) is 7. The fraction of sp³-hybridized carbons (Fsp3) is 0.303. The minimum atomic E-state index is -1.10. The number of hydrogen-bond donors (Lipinski definition) is 2. The molecule has 11 heteroatoms. The van der Waals surface area contributed by atoms with Crippen LogP contribution in [0.15, 0.2) is 66.9 Å². The van der Waals surface area contributed by atoms with Crippen molar-refractivity contribution in [2.45, 2.75) is 44.9 Å². The molecule has 2 fully saturated rings. The Kier molecular flexibility index (Phi) is 6.30. The summed E-state index contributed by atoms with van der Waals surface area (Å²) in [5.41, 5.74) is 14.6. The molecule has 3 N–H and O–H groups in total. The van der Waals surface area contributed by atoms with Gasteiger partial charge in [0.15, 0.2) is 0 Å². The summed E-state index contributed by atoms with van der Waals surface area (Å²) in [5, 5.41) is 20.6. The SMILES string of the molecule is Cc1c(-c2cc3ccc(-c4cccc(-c5nn[nH]n5)c4)cc3n2CC2CC2)nn2cc(C(=O)N3C[C@H](N)C[C@@H](F)C3)ccc12. The highest BCUT2D eigenvalue weighted by Crippen LogP contribution is 2.38. The van der Waals surface area contributed by atoms with E-state index in [1.165, 1.54) is 17.7 Å². The first kappa shape index (κ1) is 26.7. The van der Waals surface area contributed by atoms with Crippen LogP contribution in [-0.4, -0.2) is 70.9 Å². The van der Waals surface area contributed by atoms with Crippen molar-refractivity contribution in [3.05, 3.63) is 78.0 Å². The van der Waals surface area contributed by atoms with Crippen LogP contribution in [0.2, 0.25) is 0 Å². The molecule has 0 radical (unpaired) electrons. The highest BCUT2D eigenvalue weighted by atomic mass is 19.1. The maximum atomic E-state index is 14.2. The summed E-state index contributed by atoms with van der Waals surface area (Å²) < 4.78 is 18.4. The quantitative estimate of drug-likeness (QED) is 0.281. The Hall–Kier alpha value is -4.90. The standard InChI is InChI=1S/C33H32FN9O/c1-19-28-10-9-25(33(44)41-17-26(34)14-27(35)18-41)16-43(28)38-31(19)30-13-23-8-7-22(12-29(23)42(30)15-20-5-6-20)21-3-2-4-24(11-21)32-36-39-40-37-32/h2-4,7-13,16,20,26-27H,5-6,14-15,17-18,35H2,1H3,(H,36,37,39,40)/t26-,27-/m1/s1. The molecule has 0 bridgehead atoms. The third-order valence-corrected chi connectivity index (χ3v) is 8.93. The number of hydrogen-bond acceptors (Lipinski definition) is 6. The number of carbonyl (C=O) groups is 1. The van der Waals surface area contributed by atoms with Gasteiger partial charge in [0.25, 0.3) is 5.91 Å². The van der Waals surface area contributed by atoms with Crippen molar-refractivity contribution >= 4 is 22.3 Å². The summed E-state index contributed by atoms with van der Waals surface area (Å²) in [6, 6.07) is 20.3. The maximum absolute atomic E-state index is 14.2. The number of halogens is 1. The maximum Gasteiger partial charge on any atom is 0.255 e. The molecule has 1 saturated heterocycles. The Morgan fingerprint density at radius 3 is 2.66 bits per heavy atom. The molecule has 2 aliphatic rings. The molecule has 1 aliphatic heterocycles. The van der Waals surface area contributed by atoms with Crippen molar-refractivity contribution in [2.75, 3.05) is 13.1 Å². The first-order valence-corrected chi connectivity index (χ1v) is 15.1. The number of fused-ring (bicyclic) bond motifs is 2. The number of aromatic nitrogens is 7. The highest BCUT2D eigenvalue weighted by Gasteiger charge is 2.29. The van der Waals surface area contributed by atoms with Crippen molar-refractivity contribution in [1.29, 1.82) is 0 Å². The monoisotopic (exact) mass is 589 g/mol. The minimum absolute atomic E-state index is 0.0681. The van der Waals surface area contributed by atoms with Crippen LogP contribution in [0.25, 0.3) is 50.3 Å². The van der Waals surface area contributed by atoms with E-state index < -0.39 is 6.17 Å². The van der Waals surface area contributed by atoms with Crippen LogP contribution in [0.3, 0.4) is 0 Å². The summed E-state index contributed by atoms with van der Waals surface area (Å²) >= 11 is 0. The molecule has 0 spiro atoms. The number of likely N-dealkylation sites (tertiary alicyclic amines) is 1. The first-order chi connectivity index (χ1) is 21.4. The van der Waals surface area contributed by atoms with Gasteiger partial charge >= 0.3 is 0 Å². The van der Waals surface area contributed by atoms with E-state index in [-0.39, 0.29) is 24.9 Å². The Labute approximate surface area is 252 Å². The van der Waals surface area contributed by atoms with E-state index in [9.17, 15) is 9.18 Å². The zero-order chi connectivity index (χ0) is 29.9. The zero-order valence-electron chi connectivity index (χ0n) is 24.3. The Morgan fingerprint density at radius 2 is 1.86 bits per heavy atom. The van der Waals surface area contributed by atoms with Gasteiger partial charge in [0.1, 0.15) is 11.9 Å². The molecular weight excluding hydrogens is 557 g/mol. The molecule has 4 aromatic heterocycles. The van der Waals surface area contributed by atoms with Crippen molar-refractivity contribution in [3.63, 3.8) is 0 Å². The van der Waals surface area contributed by atoms with Crippen LogP contribution in [-0.2, 0) is 6.54 Å². The van der Waals surface area contributed by atoms with E-state index in [4.69, 9.17) is 10.8 Å². The second-order valence-corrected chi connectivity index (χ2v) is 12.2. The zero-order valence-corrected chi connectivity index (χ0v) is 24.3. The van der Waals surface area contributed by atoms with Gasteiger partial charge in [-0.1, -0.05) is 30.3 Å². The van der Waals surface area contributed by atoms with Gasteiger partial charge in [-0.2, -0.15) is 10.3 Å². The van der Waals surface area contributed by atoms with Crippen molar-refractivity contribution < 1.29 is 9.18 Å². The lowest BCUT2D eigenvalue weighted by Gasteiger charge is -2.32. The number of piperidine rings is 1. The molecule has 10 nitrogen and oxygen atoms in total. The third kappa shape index (κ3) is 4.73. The van der Waals surface area contributed by atoms with Crippen LogP contribution in [0.5, 0.6) is 0 Å².